The molecule has 0 fully saturated rings. The highest BCUT2D eigenvalue weighted by Crippen LogP contribution is 2.02. The third-order valence-electron chi connectivity index (χ3n) is 1.24. The van der Waals surface area contributed by atoms with Crippen molar-refractivity contribution in [3.63, 3.8) is 0 Å². The average Bonchev–Trinajstić information content (AvgIpc) is 2.03. The van der Waals surface area contributed by atoms with E-state index in [1.165, 1.54) is 7.11 Å². The highest BCUT2D eigenvalue weighted by molar-refractivity contribution is 7.78. The van der Waals surface area contributed by atoms with Crippen LogP contribution in [0, 0.1) is 0 Å². The van der Waals surface area contributed by atoms with Crippen molar-refractivity contribution in [3.8, 4) is 0 Å². The first-order chi connectivity index (χ1) is 5.26. The number of hydrogen-bond donors (Lipinski definition) is 0. The molecule has 0 N–H and O–H groups in total. The van der Waals surface area contributed by atoms with Gasteiger partial charge in [0.2, 0.25) is 0 Å². The number of nitrogens with zero attached hydrogens (tertiary/aromatic N) is 1. The van der Waals surface area contributed by atoms with Crippen LogP contribution in [0.4, 0.5) is 0 Å². The number of esters is 1. The fourth-order valence-electron chi connectivity index (χ4n) is 0.708. The molecule has 0 aromatic carbocycles. The van der Waals surface area contributed by atoms with E-state index in [1.54, 1.807) is 0 Å². The summed E-state index contributed by atoms with van der Waals surface area (Å²) in [5.74, 6) is -0.343. The standard InChI is InChI=1S/C7H11NO2S/c1-3-4-6(8-5-11)7(9)10-2/h6H,3-4H2,1-2H3/t6-/m1/s1. The Morgan fingerprint density at radius 2 is 2.45 bits per heavy atom. The Labute approximate surface area is 71.5 Å². The fourth-order valence-corrected chi connectivity index (χ4v) is 0.835. The molecule has 0 spiro atoms. The van der Waals surface area contributed by atoms with Crippen LogP contribution in [0.1, 0.15) is 19.8 Å². The average molecular weight is 173 g/mol. The molecule has 0 aliphatic rings. The van der Waals surface area contributed by atoms with Gasteiger partial charge in [-0.3, -0.25) is 0 Å². The van der Waals surface area contributed by atoms with Crippen LogP contribution >= 0.6 is 12.2 Å². The molecule has 0 amide bonds. The molecule has 0 heterocycles. The van der Waals surface area contributed by atoms with Gasteiger partial charge in [-0.15, -0.1) is 0 Å². The number of isothiocyanates is 1. The number of thiocarbonyl (C=S) groups is 1. The minimum Gasteiger partial charge on any atom is -0.467 e. The topological polar surface area (TPSA) is 38.7 Å². The summed E-state index contributed by atoms with van der Waals surface area (Å²) in [5, 5.41) is 2.18. The molecule has 0 radical (unpaired) electrons. The zero-order chi connectivity index (χ0) is 8.69. The molecule has 0 bridgehead atoms. The van der Waals surface area contributed by atoms with Crippen molar-refractivity contribution in [2.45, 2.75) is 25.8 Å². The summed E-state index contributed by atoms with van der Waals surface area (Å²) in [5.41, 5.74) is 0. The summed E-state index contributed by atoms with van der Waals surface area (Å²) < 4.78 is 4.50. The highest BCUT2D eigenvalue weighted by atomic mass is 32.1. The molecule has 11 heavy (non-hydrogen) atoms. The van der Waals surface area contributed by atoms with Crippen LogP contribution in [0.5, 0.6) is 0 Å². The van der Waals surface area contributed by atoms with Crippen molar-refractivity contribution in [1.82, 2.24) is 0 Å². The first kappa shape index (κ1) is 10.3. The van der Waals surface area contributed by atoms with Crippen LogP contribution in [-0.2, 0) is 9.53 Å². The van der Waals surface area contributed by atoms with Crippen LogP contribution in [0.15, 0.2) is 4.99 Å². The molecule has 0 aliphatic heterocycles. The molecule has 0 unspecified atom stereocenters. The number of rotatable bonds is 4. The Morgan fingerprint density at radius 1 is 1.82 bits per heavy atom. The van der Waals surface area contributed by atoms with Crippen molar-refractivity contribution >= 4 is 23.3 Å². The monoisotopic (exact) mass is 173 g/mol. The molecular formula is C7H11NO2S. The summed E-state index contributed by atoms with van der Waals surface area (Å²) in [6.07, 6.45) is 1.54. The molecular weight excluding hydrogens is 162 g/mol. The second kappa shape index (κ2) is 6.01. The molecule has 3 nitrogen and oxygen atoms in total. The van der Waals surface area contributed by atoms with Gasteiger partial charge in [0.05, 0.1) is 12.3 Å². The van der Waals surface area contributed by atoms with Gasteiger partial charge in [0, 0.05) is 0 Å². The van der Waals surface area contributed by atoms with Gasteiger partial charge >= 0.3 is 5.97 Å². The Hall–Kier alpha value is -0.730. The van der Waals surface area contributed by atoms with E-state index >= 15 is 0 Å². The van der Waals surface area contributed by atoms with Crippen LogP contribution < -0.4 is 0 Å². The Kier molecular flexibility index (Phi) is 5.61. The number of aliphatic imine (C=N–C) groups is 1. The van der Waals surface area contributed by atoms with E-state index in [0.717, 1.165) is 6.42 Å². The molecule has 0 saturated heterocycles. The zero-order valence-corrected chi connectivity index (χ0v) is 7.48. The van der Waals surface area contributed by atoms with Gasteiger partial charge in [-0.1, -0.05) is 13.3 Å². The number of hydrogen-bond acceptors (Lipinski definition) is 4. The quantitative estimate of drug-likeness (QED) is 0.367. The van der Waals surface area contributed by atoms with E-state index in [2.05, 4.69) is 27.1 Å². The molecule has 0 aromatic rings. The Balaban J connectivity index is 4.08. The summed E-state index contributed by atoms with van der Waals surface area (Å²) in [6, 6.07) is -0.456. The lowest BCUT2D eigenvalue weighted by Crippen LogP contribution is -2.19. The van der Waals surface area contributed by atoms with Crippen LogP contribution in [0.25, 0.3) is 0 Å². The van der Waals surface area contributed by atoms with Crippen molar-refractivity contribution in [2.75, 3.05) is 7.11 Å². The zero-order valence-electron chi connectivity index (χ0n) is 6.66. The van der Waals surface area contributed by atoms with Crippen molar-refractivity contribution < 1.29 is 9.53 Å². The maximum atomic E-state index is 10.9. The molecule has 0 aromatic heterocycles. The fraction of sp³-hybridized carbons (Fsp3) is 0.714. The third kappa shape index (κ3) is 3.86. The van der Waals surface area contributed by atoms with Crippen molar-refractivity contribution in [3.05, 3.63) is 0 Å². The number of ether oxygens (including phenoxy) is 1. The number of carbonyl (C=O) groups excluding carboxylic acids is 1. The summed E-state index contributed by atoms with van der Waals surface area (Å²) in [7, 11) is 1.34. The van der Waals surface area contributed by atoms with E-state index in [0.29, 0.717) is 6.42 Å². The Morgan fingerprint density at radius 3 is 2.82 bits per heavy atom. The smallest absolute Gasteiger partial charge is 0.331 e. The summed E-state index contributed by atoms with van der Waals surface area (Å²) in [4.78, 5) is 14.6. The maximum Gasteiger partial charge on any atom is 0.331 e. The summed E-state index contributed by atoms with van der Waals surface area (Å²) >= 11 is 4.39. The van der Waals surface area contributed by atoms with E-state index < -0.39 is 6.04 Å². The molecule has 0 saturated carbocycles. The van der Waals surface area contributed by atoms with Gasteiger partial charge < -0.3 is 4.74 Å². The van der Waals surface area contributed by atoms with E-state index in [9.17, 15) is 4.79 Å². The first-order valence-corrected chi connectivity index (χ1v) is 3.81. The third-order valence-corrected chi connectivity index (χ3v) is 1.35. The minimum atomic E-state index is -0.456. The summed E-state index contributed by atoms with van der Waals surface area (Å²) in [6.45, 7) is 1.97. The first-order valence-electron chi connectivity index (χ1n) is 3.41. The molecule has 4 heteroatoms. The van der Waals surface area contributed by atoms with Crippen LogP contribution in [0.2, 0.25) is 0 Å². The Bertz CT molecular complexity index is 175. The maximum absolute atomic E-state index is 10.9. The predicted molar refractivity (Wildman–Crippen MR) is 45.7 cm³/mol. The van der Waals surface area contributed by atoms with Gasteiger partial charge in [0.15, 0.2) is 6.04 Å². The van der Waals surface area contributed by atoms with Crippen LogP contribution in [0.3, 0.4) is 0 Å². The minimum absolute atomic E-state index is 0.343. The van der Waals surface area contributed by atoms with E-state index in [-0.39, 0.29) is 5.97 Å². The highest BCUT2D eigenvalue weighted by Gasteiger charge is 2.15. The van der Waals surface area contributed by atoms with Gasteiger partial charge in [-0.2, -0.15) is 0 Å². The molecule has 1 atom stereocenters. The van der Waals surface area contributed by atoms with Crippen molar-refractivity contribution in [1.29, 1.82) is 0 Å². The van der Waals surface area contributed by atoms with Gasteiger partial charge in [-0.25, -0.2) is 9.79 Å². The van der Waals surface area contributed by atoms with Crippen molar-refractivity contribution in [2.24, 2.45) is 4.99 Å². The largest absolute Gasteiger partial charge is 0.467 e. The molecule has 0 aliphatic carbocycles. The normalized spacial score (nSPS) is 11.5. The second-order valence-corrected chi connectivity index (χ2v) is 2.23. The predicted octanol–water partition coefficient (Wildman–Crippen LogP) is 1.43. The number of methoxy groups -OCH3 is 1. The lowest BCUT2D eigenvalue weighted by atomic mass is 10.2. The van der Waals surface area contributed by atoms with Crippen LogP contribution in [-0.4, -0.2) is 24.3 Å². The lowest BCUT2D eigenvalue weighted by molar-refractivity contribution is -0.142. The number of carbonyl (C=O) groups is 1. The molecule has 62 valence electrons. The van der Waals surface area contributed by atoms with E-state index in [1.807, 2.05) is 6.92 Å². The SMILES string of the molecule is CCC[C@@H](N=C=S)C(=O)OC. The van der Waals surface area contributed by atoms with E-state index in [4.69, 9.17) is 0 Å². The second-order valence-electron chi connectivity index (χ2n) is 2.05. The van der Waals surface area contributed by atoms with Gasteiger partial charge in [0.25, 0.3) is 0 Å². The molecule has 0 rings (SSSR count). The van der Waals surface area contributed by atoms with Gasteiger partial charge in [0.1, 0.15) is 0 Å². The lowest BCUT2D eigenvalue weighted by Gasteiger charge is -2.05. The van der Waals surface area contributed by atoms with Gasteiger partial charge in [-0.05, 0) is 18.6 Å².